The number of aromatic hydroxyl groups is 1. The summed E-state index contributed by atoms with van der Waals surface area (Å²) in [6.07, 6.45) is 0. The highest BCUT2D eigenvalue weighted by molar-refractivity contribution is 5.97. The predicted molar refractivity (Wildman–Crippen MR) is 57.5 cm³/mol. The maximum Gasteiger partial charge on any atom is 0.245 e. The fraction of sp³-hybridized carbons (Fsp3) is 0.400. The highest BCUT2D eigenvalue weighted by Gasteiger charge is 2.23. The molecular formula is C10H15N3O2. The molecule has 15 heavy (non-hydrogen) atoms. The van der Waals surface area contributed by atoms with E-state index in [0.717, 1.165) is 0 Å². The average Bonchev–Trinajstić information content (AvgIpc) is 2.09. The van der Waals surface area contributed by atoms with Gasteiger partial charge in [0.05, 0.1) is 5.54 Å². The lowest BCUT2D eigenvalue weighted by molar-refractivity contribution is -0.120. The minimum Gasteiger partial charge on any atom is -0.504 e. The van der Waals surface area contributed by atoms with Crippen LogP contribution in [0.2, 0.25) is 0 Å². The zero-order chi connectivity index (χ0) is 11.6. The molecule has 1 rings (SSSR count). The molecule has 0 saturated carbocycles. The first kappa shape index (κ1) is 11.5. The van der Waals surface area contributed by atoms with Crippen LogP contribution in [0, 0.1) is 6.92 Å². The van der Waals surface area contributed by atoms with Crippen molar-refractivity contribution in [2.75, 3.05) is 5.32 Å². The van der Waals surface area contributed by atoms with E-state index in [-0.39, 0.29) is 11.6 Å². The number of hydrogen-bond donors (Lipinski definition) is 3. The molecule has 0 spiro atoms. The Morgan fingerprint density at radius 2 is 2.13 bits per heavy atom. The van der Waals surface area contributed by atoms with Crippen molar-refractivity contribution in [1.29, 1.82) is 0 Å². The van der Waals surface area contributed by atoms with Crippen molar-refractivity contribution in [1.82, 2.24) is 4.98 Å². The van der Waals surface area contributed by atoms with Crippen LogP contribution in [0.3, 0.4) is 0 Å². The first-order valence-electron chi connectivity index (χ1n) is 4.57. The van der Waals surface area contributed by atoms with E-state index in [0.29, 0.717) is 5.69 Å². The van der Waals surface area contributed by atoms with E-state index >= 15 is 0 Å². The van der Waals surface area contributed by atoms with Gasteiger partial charge in [-0.1, -0.05) is 0 Å². The number of anilines is 1. The Morgan fingerprint density at radius 1 is 1.53 bits per heavy atom. The molecular weight excluding hydrogens is 194 g/mol. The van der Waals surface area contributed by atoms with Crippen molar-refractivity contribution < 1.29 is 9.90 Å². The monoisotopic (exact) mass is 209 g/mol. The van der Waals surface area contributed by atoms with Crippen LogP contribution in [-0.4, -0.2) is 21.5 Å². The van der Waals surface area contributed by atoms with Crippen LogP contribution in [-0.2, 0) is 4.79 Å². The first-order chi connectivity index (χ1) is 6.80. The Balaban J connectivity index is 2.90. The topological polar surface area (TPSA) is 88.2 Å². The van der Waals surface area contributed by atoms with E-state index in [1.54, 1.807) is 26.8 Å². The molecule has 82 valence electrons. The van der Waals surface area contributed by atoms with Gasteiger partial charge in [0.1, 0.15) is 0 Å². The quantitative estimate of drug-likeness (QED) is 0.671. The second-order valence-corrected chi connectivity index (χ2v) is 4.00. The number of hydrogen-bond acceptors (Lipinski definition) is 4. The molecule has 4 N–H and O–H groups in total. The number of aromatic nitrogens is 1. The summed E-state index contributed by atoms with van der Waals surface area (Å²) in [5, 5.41) is 11.9. The number of nitrogens with zero attached hydrogens (tertiary/aromatic N) is 1. The van der Waals surface area contributed by atoms with Crippen molar-refractivity contribution in [2.24, 2.45) is 5.73 Å². The molecule has 1 amide bonds. The summed E-state index contributed by atoms with van der Waals surface area (Å²) in [4.78, 5) is 15.5. The average molecular weight is 209 g/mol. The number of carbonyl (C=O) groups is 1. The summed E-state index contributed by atoms with van der Waals surface area (Å²) in [5.41, 5.74) is 5.30. The minimum atomic E-state index is -1.00. The molecule has 0 aliphatic carbocycles. The molecule has 0 unspecified atom stereocenters. The molecule has 1 heterocycles. The van der Waals surface area contributed by atoms with Crippen molar-refractivity contribution in [3.05, 3.63) is 17.8 Å². The number of nitrogens with one attached hydrogen (secondary N) is 1. The smallest absolute Gasteiger partial charge is 0.245 e. The Morgan fingerprint density at radius 3 is 2.67 bits per heavy atom. The van der Waals surface area contributed by atoms with Crippen LogP contribution in [0.4, 0.5) is 5.82 Å². The number of carbonyl (C=O) groups excluding carboxylic acids is 1. The largest absolute Gasteiger partial charge is 0.504 e. The highest BCUT2D eigenvalue weighted by atomic mass is 16.3. The van der Waals surface area contributed by atoms with Crippen molar-refractivity contribution >= 4 is 11.7 Å². The van der Waals surface area contributed by atoms with Gasteiger partial charge in [-0.05, 0) is 32.9 Å². The second-order valence-electron chi connectivity index (χ2n) is 4.00. The Hall–Kier alpha value is -1.62. The first-order valence-corrected chi connectivity index (χ1v) is 4.57. The molecule has 0 fully saturated rings. The van der Waals surface area contributed by atoms with Crippen LogP contribution in [0.25, 0.3) is 0 Å². The van der Waals surface area contributed by atoms with Crippen LogP contribution in [0.15, 0.2) is 12.1 Å². The van der Waals surface area contributed by atoms with Gasteiger partial charge in [-0.15, -0.1) is 0 Å². The van der Waals surface area contributed by atoms with E-state index in [4.69, 9.17) is 5.73 Å². The fourth-order valence-corrected chi connectivity index (χ4v) is 0.910. The summed E-state index contributed by atoms with van der Waals surface area (Å²) >= 11 is 0. The number of rotatable bonds is 2. The molecule has 0 bridgehead atoms. The predicted octanol–water partition coefficient (Wildman–Crippen LogP) is 0.771. The van der Waals surface area contributed by atoms with Crippen LogP contribution >= 0.6 is 0 Å². The lowest BCUT2D eigenvalue weighted by Gasteiger charge is -2.17. The van der Waals surface area contributed by atoms with Gasteiger partial charge in [-0.3, -0.25) is 4.79 Å². The van der Waals surface area contributed by atoms with Crippen LogP contribution < -0.4 is 11.1 Å². The summed E-state index contributed by atoms with van der Waals surface area (Å²) in [7, 11) is 0. The minimum absolute atomic E-state index is 0.0711. The molecule has 1 aromatic rings. The molecule has 1 aromatic heterocycles. The molecule has 0 saturated heterocycles. The van der Waals surface area contributed by atoms with E-state index in [9.17, 15) is 9.90 Å². The molecule has 5 nitrogen and oxygen atoms in total. The van der Waals surface area contributed by atoms with Gasteiger partial charge < -0.3 is 16.2 Å². The Kier molecular flexibility index (Phi) is 2.95. The molecule has 0 atom stereocenters. The summed E-state index contributed by atoms with van der Waals surface area (Å²) < 4.78 is 0. The number of nitrogens with two attached hydrogens (primary N) is 1. The third-order valence-electron chi connectivity index (χ3n) is 1.83. The second kappa shape index (κ2) is 3.86. The van der Waals surface area contributed by atoms with Gasteiger partial charge in [-0.25, -0.2) is 4.98 Å². The van der Waals surface area contributed by atoms with E-state index in [1.807, 2.05) is 0 Å². The van der Waals surface area contributed by atoms with E-state index in [2.05, 4.69) is 10.3 Å². The summed E-state index contributed by atoms with van der Waals surface area (Å²) in [5.74, 6) is -0.326. The Bertz CT molecular complexity index is 383. The van der Waals surface area contributed by atoms with Crippen molar-refractivity contribution in [3.63, 3.8) is 0 Å². The van der Waals surface area contributed by atoms with E-state index in [1.165, 1.54) is 6.07 Å². The molecule has 5 heteroatoms. The van der Waals surface area contributed by atoms with Gasteiger partial charge >= 0.3 is 0 Å². The van der Waals surface area contributed by atoms with Gasteiger partial charge in [0.25, 0.3) is 0 Å². The molecule has 0 aliphatic rings. The maximum absolute atomic E-state index is 11.5. The molecule has 0 aromatic carbocycles. The standard InChI is InChI=1S/C10H15N3O2/c1-6-4-5-7(14)8(12-6)13-9(15)10(2,3)11/h4-5,14H,11H2,1-3H3,(H,12,13,15). The third-order valence-corrected chi connectivity index (χ3v) is 1.83. The van der Waals surface area contributed by atoms with Gasteiger partial charge in [0.15, 0.2) is 11.6 Å². The lowest BCUT2D eigenvalue weighted by atomic mass is 10.1. The van der Waals surface area contributed by atoms with Crippen LogP contribution in [0.1, 0.15) is 19.5 Å². The SMILES string of the molecule is Cc1ccc(O)c(NC(=O)C(C)(C)N)n1. The number of pyridine rings is 1. The number of aryl methyl sites for hydroxylation is 1. The molecule has 0 aliphatic heterocycles. The highest BCUT2D eigenvalue weighted by Crippen LogP contribution is 2.20. The molecule has 0 radical (unpaired) electrons. The lowest BCUT2D eigenvalue weighted by Crippen LogP contribution is -2.45. The van der Waals surface area contributed by atoms with E-state index < -0.39 is 11.4 Å². The maximum atomic E-state index is 11.5. The normalized spacial score (nSPS) is 11.2. The summed E-state index contributed by atoms with van der Waals surface area (Å²) in [6, 6.07) is 3.13. The fourth-order valence-electron chi connectivity index (χ4n) is 0.910. The zero-order valence-corrected chi connectivity index (χ0v) is 9.03. The van der Waals surface area contributed by atoms with Crippen LogP contribution in [0.5, 0.6) is 5.75 Å². The zero-order valence-electron chi connectivity index (χ0n) is 9.03. The van der Waals surface area contributed by atoms with Crippen molar-refractivity contribution in [3.8, 4) is 5.75 Å². The van der Waals surface area contributed by atoms with Gasteiger partial charge in [0, 0.05) is 5.69 Å². The van der Waals surface area contributed by atoms with Gasteiger partial charge in [0.2, 0.25) is 5.91 Å². The summed E-state index contributed by atoms with van der Waals surface area (Å²) in [6.45, 7) is 4.92. The number of amides is 1. The third kappa shape index (κ3) is 2.92. The van der Waals surface area contributed by atoms with Gasteiger partial charge in [-0.2, -0.15) is 0 Å². The Labute approximate surface area is 88.3 Å². The van der Waals surface area contributed by atoms with Crippen molar-refractivity contribution in [2.45, 2.75) is 26.3 Å².